The van der Waals surface area contributed by atoms with E-state index in [1.54, 1.807) is 0 Å². The third-order valence-electron chi connectivity index (χ3n) is 4.17. The third-order valence-corrected chi connectivity index (χ3v) is 4.17. The maximum absolute atomic E-state index is 11.4. The molecule has 0 unspecified atom stereocenters. The molecule has 0 saturated carbocycles. The van der Waals surface area contributed by atoms with E-state index in [4.69, 9.17) is 4.74 Å². The lowest BCUT2D eigenvalue weighted by Gasteiger charge is -2.07. The van der Waals surface area contributed by atoms with E-state index in [1.807, 2.05) is 43.3 Å². The van der Waals surface area contributed by atoms with Gasteiger partial charge in [-0.1, -0.05) is 37.3 Å². The van der Waals surface area contributed by atoms with Gasteiger partial charge in [-0.2, -0.15) is 0 Å². The van der Waals surface area contributed by atoms with Crippen LogP contribution in [0.1, 0.15) is 25.0 Å². The Balaban J connectivity index is 2.22. The van der Waals surface area contributed by atoms with Crippen molar-refractivity contribution < 1.29 is 14.6 Å². The Kier molecular flexibility index (Phi) is 4.56. The highest BCUT2D eigenvalue weighted by atomic mass is 16.5. The second-order valence-electron chi connectivity index (χ2n) is 5.70. The minimum atomic E-state index is -0.833. The number of carbonyl (C=O) groups is 1. The average molecular weight is 323 g/mol. The highest BCUT2D eigenvalue weighted by Gasteiger charge is 2.17. The van der Waals surface area contributed by atoms with Gasteiger partial charge in [0.2, 0.25) is 0 Å². The molecule has 3 aromatic rings. The zero-order chi connectivity index (χ0) is 17.1. The van der Waals surface area contributed by atoms with Crippen LogP contribution in [0, 0.1) is 0 Å². The molecule has 4 heteroatoms. The molecule has 0 amide bonds. The molecule has 0 aliphatic carbocycles. The van der Waals surface area contributed by atoms with Gasteiger partial charge in [-0.15, -0.1) is 0 Å². The third kappa shape index (κ3) is 3.00. The number of fused-ring (bicyclic) bond motifs is 1. The number of hydrogen-bond acceptors (Lipinski definition) is 2. The number of nitrogens with one attached hydrogen (secondary N) is 1. The summed E-state index contributed by atoms with van der Waals surface area (Å²) in [7, 11) is 0. The van der Waals surface area contributed by atoms with E-state index in [9.17, 15) is 9.90 Å². The van der Waals surface area contributed by atoms with E-state index >= 15 is 0 Å². The van der Waals surface area contributed by atoms with Crippen LogP contribution in [0.2, 0.25) is 0 Å². The molecule has 0 atom stereocenters. The molecule has 0 saturated heterocycles. The Labute approximate surface area is 141 Å². The molecule has 124 valence electrons. The first-order valence-corrected chi connectivity index (χ1v) is 8.21. The van der Waals surface area contributed by atoms with Crippen LogP contribution in [0.5, 0.6) is 5.75 Å². The Bertz CT molecular complexity index is 880. The highest BCUT2D eigenvalue weighted by molar-refractivity contribution is 5.95. The predicted octanol–water partition coefficient (Wildman–Crippen LogP) is 4.42. The lowest BCUT2D eigenvalue weighted by Crippen LogP contribution is -2.01. The summed E-state index contributed by atoms with van der Waals surface area (Å²) in [4.78, 5) is 14.8. The summed E-state index contributed by atoms with van der Waals surface area (Å²) in [6, 6.07) is 13.8. The van der Waals surface area contributed by atoms with Crippen LogP contribution < -0.4 is 4.74 Å². The lowest BCUT2D eigenvalue weighted by molar-refractivity contribution is -0.136. The molecule has 1 aromatic heterocycles. The molecular formula is C20H21NO3. The molecule has 3 rings (SSSR count). The maximum atomic E-state index is 11.4. The number of carboxylic acids is 1. The lowest BCUT2D eigenvalue weighted by atomic mass is 10.0. The number of carboxylic acid groups (broad SMARTS) is 1. The van der Waals surface area contributed by atoms with Crippen LogP contribution in [0.3, 0.4) is 0 Å². The first-order chi connectivity index (χ1) is 11.6. The fourth-order valence-corrected chi connectivity index (χ4v) is 3.12. The monoisotopic (exact) mass is 323 g/mol. The van der Waals surface area contributed by atoms with Gasteiger partial charge in [0.15, 0.2) is 0 Å². The van der Waals surface area contributed by atoms with Gasteiger partial charge in [0, 0.05) is 16.5 Å². The molecule has 0 aliphatic heterocycles. The number of aryl methyl sites for hydroxylation is 1. The Morgan fingerprint density at radius 3 is 2.67 bits per heavy atom. The second kappa shape index (κ2) is 6.79. The largest absolute Gasteiger partial charge is 0.494 e. The van der Waals surface area contributed by atoms with Gasteiger partial charge in [0.05, 0.1) is 18.7 Å². The molecule has 0 spiro atoms. The number of ether oxygens (including phenoxy) is 1. The smallest absolute Gasteiger partial charge is 0.307 e. The van der Waals surface area contributed by atoms with Crippen molar-refractivity contribution in [1.82, 2.24) is 4.98 Å². The van der Waals surface area contributed by atoms with Crippen molar-refractivity contribution in [3.63, 3.8) is 0 Å². The summed E-state index contributed by atoms with van der Waals surface area (Å²) < 4.78 is 5.58. The number of para-hydroxylation sites is 1. The van der Waals surface area contributed by atoms with Gasteiger partial charge in [-0.3, -0.25) is 4.79 Å². The molecule has 2 N–H and O–H groups in total. The fourth-order valence-electron chi connectivity index (χ4n) is 3.12. The van der Waals surface area contributed by atoms with Gasteiger partial charge in [-0.05, 0) is 36.6 Å². The number of benzene rings is 2. The minimum absolute atomic E-state index is 0.0125. The van der Waals surface area contributed by atoms with Crippen molar-refractivity contribution in [3.8, 4) is 17.0 Å². The molecule has 0 bridgehead atoms. The van der Waals surface area contributed by atoms with Crippen LogP contribution in [0.15, 0.2) is 42.5 Å². The maximum Gasteiger partial charge on any atom is 0.307 e. The molecule has 1 heterocycles. The highest BCUT2D eigenvalue weighted by Crippen LogP contribution is 2.34. The van der Waals surface area contributed by atoms with E-state index in [2.05, 4.69) is 18.0 Å². The summed E-state index contributed by atoms with van der Waals surface area (Å²) >= 11 is 0. The summed E-state index contributed by atoms with van der Waals surface area (Å²) in [5.41, 5.74) is 4.83. The Hall–Kier alpha value is -2.75. The van der Waals surface area contributed by atoms with Crippen molar-refractivity contribution in [2.24, 2.45) is 0 Å². The Morgan fingerprint density at radius 1 is 1.17 bits per heavy atom. The molecule has 24 heavy (non-hydrogen) atoms. The summed E-state index contributed by atoms with van der Waals surface area (Å²) in [6.07, 6.45) is 0.879. The summed E-state index contributed by atoms with van der Waals surface area (Å²) in [5, 5.41) is 10.3. The van der Waals surface area contributed by atoms with E-state index in [-0.39, 0.29) is 6.42 Å². The van der Waals surface area contributed by atoms with Crippen LogP contribution in [-0.2, 0) is 17.6 Å². The predicted molar refractivity (Wildman–Crippen MR) is 95.6 cm³/mol. The van der Waals surface area contributed by atoms with Crippen LogP contribution in [0.25, 0.3) is 22.2 Å². The van der Waals surface area contributed by atoms with Gasteiger partial charge in [-0.25, -0.2) is 0 Å². The minimum Gasteiger partial charge on any atom is -0.494 e. The molecule has 2 aromatic carbocycles. The van der Waals surface area contributed by atoms with E-state index in [0.29, 0.717) is 6.61 Å². The molecule has 0 aliphatic rings. The standard InChI is InChI=1S/C20H21NO3/c1-3-13-7-6-10-16-17(12-18(22)23)20(21-19(13)16)14-8-5-9-15(11-14)24-4-2/h5-11,21H,3-4,12H2,1-2H3,(H,22,23). The van der Waals surface area contributed by atoms with Gasteiger partial charge >= 0.3 is 5.97 Å². The number of aromatic nitrogens is 1. The molecule has 0 radical (unpaired) electrons. The van der Waals surface area contributed by atoms with E-state index in [0.717, 1.165) is 39.9 Å². The summed E-state index contributed by atoms with van der Waals surface area (Å²) in [6.45, 7) is 4.64. The number of rotatable bonds is 6. The number of aliphatic carboxylic acids is 1. The van der Waals surface area contributed by atoms with Crippen molar-refractivity contribution >= 4 is 16.9 Å². The van der Waals surface area contributed by atoms with Crippen molar-refractivity contribution in [1.29, 1.82) is 0 Å². The van der Waals surface area contributed by atoms with Crippen LogP contribution in [0.4, 0.5) is 0 Å². The quantitative estimate of drug-likeness (QED) is 0.705. The first kappa shape index (κ1) is 16.1. The fraction of sp³-hybridized carbons (Fsp3) is 0.250. The zero-order valence-electron chi connectivity index (χ0n) is 13.9. The number of aromatic amines is 1. The normalized spacial score (nSPS) is 10.9. The molecule has 0 fully saturated rings. The van der Waals surface area contributed by atoms with E-state index in [1.165, 1.54) is 5.56 Å². The van der Waals surface area contributed by atoms with Gasteiger partial charge < -0.3 is 14.8 Å². The van der Waals surface area contributed by atoms with E-state index < -0.39 is 5.97 Å². The van der Waals surface area contributed by atoms with Crippen LogP contribution in [-0.4, -0.2) is 22.7 Å². The number of H-pyrrole nitrogens is 1. The first-order valence-electron chi connectivity index (χ1n) is 8.21. The van der Waals surface area contributed by atoms with Crippen molar-refractivity contribution in [2.75, 3.05) is 6.61 Å². The Morgan fingerprint density at radius 2 is 1.96 bits per heavy atom. The second-order valence-corrected chi connectivity index (χ2v) is 5.70. The summed E-state index contributed by atoms with van der Waals surface area (Å²) in [5.74, 6) is -0.0503. The average Bonchev–Trinajstić information content (AvgIpc) is 2.93. The topological polar surface area (TPSA) is 62.3 Å². The van der Waals surface area contributed by atoms with Crippen molar-refractivity contribution in [2.45, 2.75) is 26.7 Å². The van der Waals surface area contributed by atoms with Gasteiger partial charge in [0.1, 0.15) is 5.75 Å². The van der Waals surface area contributed by atoms with Gasteiger partial charge in [0.25, 0.3) is 0 Å². The SMILES string of the molecule is CCOc1cccc(-c2[nH]c3c(CC)cccc3c2CC(=O)O)c1. The van der Waals surface area contributed by atoms with Crippen LogP contribution >= 0.6 is 0 Å². The number of hydrogen-bond donors (Lipinski definition) is 2. The molecule has 4 nitrogen and oxygen atoms in total. The zero-order valence-corrected chi connectivity index (χ0v) is 13.9. The van der Waals surface area contributed by atoms with Crippen molar-refractivity contribution in [3.05, 3.63) is 53.6 Å². The molecular weight excluding hydrogens is 302 g/mol.